The predicted octanol–water partition coefficient (Wildman–Crippen LogP) is 0.477. The van der Waals surface area contributed by atoms with E-state index in [9.17, 15) is 9.59 Å². The molecule has 4 rings (SSSR count). The SMILES string of the molecule is COc1c(Nc2cc(NC(=O)C3CC3)nnc2C(=O)NC(O)(O)O)cccc1-c1ncc(CN)s1. The second-order valence-corrected chi connectivity index (χ2v) is 8.81. The van der Waals surface area contributed by atoms with E-state index in [4.69, 9.17) is 25.8 Å². The van der Waals surface area contributed by atoms with Crippen molar-refractivity contribution in [2.24, 2.45) is 11.7 Å². The van der Waals surface area contributed by atoms with E-state index in [2.05, 4.69) is 25.8 Å². The highest BCUT2D eigenvalue weighted by Crippen LogP contribution is 2.40. The summed E-state index contributed by atoms with van der Waals surface area (Å²) >= 11 is 1.40. The molecule has 13 nitrogen and oxygen atoms in total. The Balaban J connectivity index is 1.72. The normalized spacial score (nSPS) is 13.3. The lowest BCUT2D eigenvalue weighted by Crippen LogP contribution is -2.48. The van der Waals surface area contributed by atoms with E-state index in [-0.39, 0.29) is 29.0 Å². The molecule has 35 heavy (non-hydrogen) atoms. The van der Waals surface area contributed by atoms with Crippen LogP contribution in [0.1, 0.15) is 28.2 Å². The van der Waals surface area contributed by atoms with Crippen LogP contribution in [0.4, 0.5) is 17.2 Å². The zero-order valence-electron chi connectivity index (χ0n) is 18.5. The number of anilines is 3. The number of carbonyl (C=O) groups excluding carboxylic acids is 2. The van der Waals surface area contributed by atoms with Crippen molar-refractivity contribution in [2.75, 3.05) is 17.7 Å². The molecule has 1 aliphatic carbocycles. The van der Waals surface area contributed by atoms with Crippen LogP contribution in [0.15, 0.2) is 30.5 Å². The van der Waals surface area contributed by atoms with Crippen molar-refractivity contribution in [2.45, 2.75) is 25.5 Å². The van der Waals surface area contributed by atoms with Gasteiger partial charge in [-0.1, -0.05) is 6.07 Å². The van der Waals surface area contributed by atoms with Crippen molar-refractivity contribution >= 4 is 40.3 Å². The number of rotatable bonds is 9. The summed E-state index contributed by atoms with van der Waals surface area (Å²) in [5, 5.41) is 43.0. The Morgan fingerprint density at radius 2 is 2.00 bits per heavy atom. The number of para-hydroxylation sites is 1. The molecule has 8 N–H and O–H groups in total. The Hall–Kier alpha value is -3.69. The molecule has 2 heterocycles. The number of hydrogen-bond donors (Lipinski definition) is 7. The number of aliphatic hydroxyl groups is 3. The van der Waals surface area contributed by atoms with Crippen LogP contribution in [0.2, 0.25) is 0 Å². The maximum Gasteiger partial charge on any atom is 0.369 e. The van der Waals surface area contributed by atoms with Crippen LogP contribution in [-0.4, -0.2) is 55.5 Å². The largest absolute Gasteiger partial charge is 0.494 e. The van der Waals surface area contributed by atoms with Gasteiger partial charge in [-0.2, -0.15) is 0 Å². The molecule has 2 aromatic heterocycles. The monoisotopic (exact) mass is 501 g/mol. The Kier molecular flexibility index (Phi) is 6.90. The topological polar surface area (TPSA) is 205 Å². The first-order valence-electron chi connectivity index (χ1n) is 10.5. The summed E-state index contributed by atoms with van der Waals surface area (Å²) in [7, 11) is 1.47. The van der Waals surface area contributed by atoms with Crippen LogP contribution in [-0.2, 0) is 11.3 Å². The molecule has 1 aromatic carbocycles. The quantitative estimate of drug-likeness (QED) is 0.201. The molecule has 14 heteroatoms. The van der Waals surface area contributed by atoms with Gasteiger partial charge in [0, 0.05) is 29.6 Å². The lowest BCUT2D eigenvalue weighted by molar-refractivity contribution is -0.323. The molecule has 0 aliphatic heterocycles. The molecule has 0 atom stereocenters. The van der Waals surface area contributed by atoms with Crippen LogP contribution in [0, 0.1) is 5.92 Å². The van der Waals surface area contributed by atoms with E-state index >= 15 is 0 Å². The molecule has 0 unspecified atom stereocenters. The fourth-order valence-electron chi connectivity index (χ4n) is 3.20. The van der Waals surface area contributed by atoms with Gasteiger partial charge in [0.25, 0.3) is 5.91 Å². The smallest absolute Gasteiger partial charge is 0.369 e. The second-order valence-electron chi connectivity index (χ2n) is 7.69. The van der Waals surface area contributed by atoms with Gasteiger partial charge in [-0.05, 0) is 25.0 Å². The number of nitrogens with two attached hydrogens (primary N) is 1. The van der Waals surface area contributed by atoms with Crippen LogP contribution < -0.4 is 26.4 Å². The van der Waals surface area contributed by atoms with Gasteiger partial charge in [0.15, 0.2) is 17.3 Å². The molecular formula is C21H23N7O6S. The fourth-order valence-corrected chi connectivity index (χ4v) is 4.01. The zero-order valence-corrected chi connectivity index (χ0v) is 19.3. The fraction of sp³-hybridized carbons (Fsp3) is 0.286. The Morgan fingerprint density at radius 1 is 1.23 bits per heavy atom. The van der Waals surface area contributed by atoms with Gasteiger partial charge in [0.05, 0.1) is 24.0 Å². The standard InChI is InChI=1S/C21H23N7O6S/c1-34-17-12(20-23-9-11(8-22)35-20)3-2-4-13(17)24-14-7-15(25-18(29)10-5-6-10)27-28-16(14)19(30)26-21(31,32)33/h2-4,7,9-10,31-33H,5-6,8,22H2,1H3,(H,26,30)(H2,24,25,27,29). The third kappa shape index (κ3) is 5.87. The molecule has 1 saturated carbocycles. The average molecular weight is 502 g/mol. The third-order valence-corrected chi connectivity index (χ3v) is 6.02. The number of nitrogens with zero attached hydrogens (tertiary/aromatic N) is 3. The first-order chi connectivity index (χ1) is 16.7. The Morgan fingerprint density at radius 3 is 2.63 bits per heavy atom. The van der Waals surface area contributed by atoms with Gasteiger partial charge < -0.3 is 36.4 Å². The number of carbonyl (C=O) groups is 2. The Labute approximate surface area is 203 Å². The minimum absolute atomic E-state index is 0.0464. The van der Waals surface area contributed by atoms with Crippen LogP contribution in [0.5, 0.6) is 5.75 Å². The van der Waals surface area contributed by atoms with E-state index in [1.54, 1.807) is 29.7 Å². The maximum absolute atomic E-state index is 12.5. The number of amides is 2. The number of aromatic nitrogens is 3. The van der Waals surface area contributed by atoms with Crippen molar-refractivity contribution in [1.82, 2.24) is 20.5 Å². The average Bonchev–Trinajstić information content (AvgIpc) is 3.55. The number of thiazole rings is 1. The van der Waals surface area contributed by atoms with Crippen LogP contribution >= 0.6 is 11.3 Å². The van der Waals surface area contributed by atoms with E-state index in [1.165, 1.54) is 24.5 Å². The molecule has 1 aliphatic rings. The van der Waals surface area contributed by atoms with Gasteiger partial charge in [0.1, 0.15) is 5.01 Å². The molecule has 0 saturated heterocycles. The van der Waals surface area contributed by atoms with Gasteiger partial charge in [-0.15, -0.1) is 21.5 Å². The molecule has 184 valence electrons. The molecular weight excluding hydrogens is 478 g/mol. The summed E-state index contributed by atoms with van der Waals surface area (Å²) in [4.78, 5) is 30.0. The van der Waals surface area contributed by atoms with Gasteiger partial charge in [-0.25, -0.2) is 4.98 Å². The van der Waals surface area contributed by atoms with E-state index in [0.717, 1.165) is 17.7 Å². The van der Waals surface area contributed by atoms with E-state index < -0.39 is 12.0 Å². The van der Waals surface area contributed by atoms with Crippen LogP contribution in [0.3, 0.4) is 0 Å². The maximum atomic E-state index is 12.5. The molecule has 3 aromatic rings. The van der Waals surface area contributed by atoms with Crippen molar-refractivity contribution in [3.05, 3.63) is 41.0 Å². The Bertz CT molecular complexity index is 1260. The predicted molar refractivity (Wildman–Crippen MR) is 126 cm³/mol. The minimum atomic E-state index is -3.47. The molecule has 0 bridgehead atoms. The number of ether oxygens (including phenoxy) is 1. The molecule has 0 radical (unpaired) electrons. The highest BCUT2D eigenvalue weighted by Gasteiger charge is 2.31. The van der Waals surface area contributed by atoms with Crippen molar-refractivity contribution in [1.29, 1.82) is 0 Å². The molecule has 2 amide bonds. The minimum Gasteiger partial charge on any atom is -0.494 e. The molecule has 1 fully saturated rings. The van der Waals surface area contributed by atoms with Gasteiger partial charge in [-0.3, -0.25) is 14.9 Å². The summed E-state index contributed by atoms with van der Waals surface area (Å²) in [6.45, 7) is 0.344. The van der Waals surface area contributed by atoms with Gasteiger partial charge in [0.2, 0.25) is 5.91 Å². The summed E-state index contributed by atoms with van der Waals surface area (Å²) in [5.74, 6) is -0.981. The lowest BCUT2D eigenvalue weighted by atomic mass is 10.1. The zero-order chi connectivity index (χ0) is 25.2. The molecule has 0 spiro atoms. The first kappa shape index (κ1) is 24.4. The first-order valence-corrected chi connectivity index (χ1v) is 11.3. The number of benzene rings is 1. The lowest BCUT2D eigenvalue weighted by Gasteiger charge is -2.18. The highest BCUT2D eigenvalue weighted by atomic mass is 32.1. The van der Waals surface area contributed by atoms with Gasteiger partial charge >= 0.3 is 6.10 Å². The highest BCUT2D eigenvalue weighted by molar-refractivity contribution is 7.15. The number of nitrogens with one attached hydrogen (secondary N) is 3. The van der Waals surface area contributed by atoms with Crippen molar-refractivity contribution in [3.63, 3.8) is 0 Å². The number of methoxy groups -OCH3 is 1. The summed E-state index contributed by atoms with van der Waals surface area (Å²) in [5.41, 5.74) is 6.44. The third-order valence-electron chi connectivity index (χ3n) is 4.96. The van der Waals surface area contributed by atoms with Crippen molar-refractivity contribution in [3.8, 4) is 16.3 Å². The summed E-state index contributed by atoms with van der Waals surface area (Å²) in [6.07, 6.45) is -0.237. The van der Waals surface area contributed by atoms with E-state index in [1.807, 2.05) is 0 Å². The summed E-state index contributed by atoms with van der Waals surface area (Å²) in [6, 6.07) is 6.59. The second kappa shape index (κ2) is 9.89. The van der Waals surface area contributed by atoms with Crippen LogP contribution in [0.25, 0.3) is 10.6 Å². The van der Waals surface area contributed by atoms with E-state index in [0.29, 0.717) is 28.6 Å². The van der Waals surface area contributed by atoms with Crippen molar-refractivity contribution < 1.29 is 29.6 Å². The summed E-state index contributed by atoms with van der Waals surface area (Å²) < 4.78 is 5.61. The number of hydrogen-bond acceptors (Lipinski definition) is 12.